The van der Waals surface area contributed by atoms with Crippen LogP contribution in [0.2, 0.25) is 0 Å². The summed E-state index contributed by atoms with van der Waals surface area (Å²) in [5.41, 5.74) is 5.17. The van der Waals surface area contributed by atoms with Gasteiger partial charge in [-0.2, -0.15) is 0 Å². The lowest BCUT2D eigenvalue weighted by molar-refractivity contribution is -0.133. The second kappa shape index (κ2) is 7.49. The van der Waals surface area contributed by atoms with E-state index in [0.29, 0.717) is 25.6 Å². The van der Waals surface area contributed by atoms with Crippen molar-refractivity contribution in [3.05, 3.63) is 0 Å². The molecule has 0 aromatic carbocycles. The number of morpholine rings is 1. The molecule has 3 N–H and O–H groups in total. The molecule has 2 fully saturated rings. The average molecular weight is 326 g/mol. The van der Waals surface area contributed by atoms with E-state index < -0.39 is 12.0 Å². The molecule has 2 heterocycles. The van der Waals surface area contributed by atoms with Gasteiger partial charge in [-0.05, 0) is 39.2 Å². The lowest BCUT2D eigenvalue weighted by Crippen LogP contribution is -2.58. The van der Waals surface area contributed by atoms with Crippen molar-refractivity contribution < 1.29 is 14.3 Å². The van der Waals surface area contributed by atoms with Gasteiger partial charge in [0.15, 0.2) is 6.10 Å². The summed E-state index contributed by atoms with van der Waals surface area (Å²) >= 11 is 0. The predicted octanol–water partition coefficient (Wildman–Crippen LogP) is 0.393. The van der Waals surface area contributed by atoms with Crippen LogP contribution in [-0.2, 0) is 9.53 Å². The summed E-state index contributed by atoms with van der Waals surface area (Å²) in [6.07, 6.45) is 1.79. The molecule has 0 aliphatic carbocycles. The molecule has 3 amide bonds. The lowest BCUT2D eigenvalue weighted by atomic mass is 9.93. The van der Waals surface area contributed by atoms with E-state index >= 15 is 0 Å². The number of nitrogens with zero attached hydrogens (tertiary/aromatic N) is 2. The molecular formula is C16H30N4O3. The zero-order chi connectivity index (χ0) is 17.0. The number of hydrogen-bond acceptors (Lipinski definition) is 4. The molecule has 0 aromatic heterocycles. The van der Waals surface area contributed by atoms with Gasteiger partial charge in [-0.15, -0.1) is 0 Å². The minimum absolute atomic E-state index is 0.0836. The van der Waals surface area contributed by atoms with E-state index in [9.17, 15) is 9.59 Å². The van der Waals surface area contributed by atoms with Crippen molar-refractivity contribution in [1.29, 1.82) is 0 Å². The van der Waals surface area contributed by atoms with Gasteiger partial charge in [-0.1, -0.05) is 6.92 Å². The monoisotopic (exact) mass is 326 g/mol. The van der Waals surface area contributed by atoms with Crippen molar-refractivity contribution in [2.24, 2.45) is 11.7 Å². The van der Waals surface area contributed by atoms with Gasteiger partial charge in [0.2, 0.25) is 5.91 Å². The summed E-state index contributed by atoms with van der Waals surface area (Å²) in [7, 11) is 0. The number of urea groups is 1. The Labute approximate surface area is 138 Å². The molecule has 23 heavy (non-hydrogen) atoms. The minimum atomic E-state index is -0.703. The van der Waals surface area contributed by atoms with Crippen molar-refractivity contribution >= 4 is 11.9 Å². The first-order valence-electron chi connectivity index (χ1n) is 8.48. The fourth-order valence-corrected chi connectivity index (χ4v) is 3.26. The van der Waals surface area contributed by atoms with Gasteiger partial charge in [0.25, 0.3) is 0 Å². The second-order valence-electron chi connectivity index (χ2n) is 7.37. The molecule has 0 aromatic rings. The van der Waals surface area contributed by atoms with Crippen LogP contribution < -0.4 is 11.1 Å². The Kier molecular flexibility index (Phi) is 5.86. The second-order valence-corrected chi connectivity index (χ2v) is 7.37. The third-order valence-electron chi connectivity index (χ3n) is 4.86. The number of nitrogens with one attached hydrogen (secondary N) is 1. The van der Waals surface area contributed by atoms with E-state index in [1.54, 1.807) is 4.90 Å². The molecule has 0 radical (unpaired) electrons. The van der Waals surface area contributed by atoms with Crippen LogP contribution in [0.15, 0.2) is 0 Å². The predicted molar refractivity (Wildman–Crippen MR) is 88.0 cm³/mol. The molecule has 7 nitrogen and oxygen atoms in total. The van der Waals surface area contributed by atoms with Gasteiger partial charge in [-0.3, -0.25) is 9.69 Å². The maximum Gasteiger partial charge on any atom is 0.317 e. The van der Waals surface area contributed by atoms with E-state index in [0.717, 1.165) is 13.1 Å². The summed E-state index contributed by atoms with van der Waals surface area (Å²) < 4.78 is 5.27. The Hall–Kier alpha value is -1.34. The van der Waals surface area contributed by atoms with E-state index in [4.69, 9.17) is 10.5 Å². The number of rotatable bonds is 4. The summed E-state index contributed by atoms with van der Waals surface area (Å²) in [6.45, 7) is 10.4. The zero-order valence-corrected chi connectivity index (χ0v) is 14.5. The van der Waals surface area contributed by atoms with Crippen molar-refractivity contribution in [3.8, 4) is 0 Å². The Balaban J connectivity index is 1.84. The van der Waals surface area contributed by atoms with E-state index in [1.165, 1.54) is 12.8 Å². The Morgan fingerprint density at radius 1 is 1.30 bits per heavy atom. The van der Waals surface area contributed by atoms with Crippen molar-refractivity contribution in [2.75, 3.05) is 39.3 Å². The molecule has 2 atom stereocenters. The molecule has 2 rings (SSSR count). The van der Waals surface area contributed by atoms with Gasteiger partial charge in [-0.25, -0.2) is 4.79 Å². The van der Waals surface area contributed by atoms with Crippen LogP contribution >= 0.6 is 0 Å². The SMILES string of the molecule is CC1CCCN(C(C)(C)CNC(=O)N2CCOC(C(N)=O)C2)C1. The third-order valence-corrected chi connectivity index (χ3v) is 4.86. The fraction of sp³-hybridized carbons (Fsp3) is 0.875. The molecule has 7 heteroatoms. The number of nitrogens with two attached hydrogens (primary N) is 1. The van der Waals surface area contributed by atoms with Crippen molar-refractivity contribution in [3.63, 3.8) is 0 Å². The van der Waals surface area contributed by atoms with Crippen molar-refractivity contribution in [1.82, 2.24) is 15.1 Å². The van der Waals surface area contributed by atoms with Crippen LogP contribution in [0.4, 0.5) is 4.79 Å². The lowest BCUT2D eigenvalue weighted by Gasteiger charge is -2.43. The van der Waals surface area contributed by atoms with Crippen LogP contribution in [0.25, 0.3) is 0 Å². The zero-order valence-electron chi connectivity index (χ0n) is 14.5. The topological polar surface area (TPSA) is 87.9 Å². The standard InChI is InChI=1S/C16H30N4O3/c1-12-5-4-6-20(9-12)16(2,3)11-18-15(22)19-7-8-23-13(10-19)14(17)21/h12-13H,4-11H2,1-3H3,(H2,17,21)(H,18,22). The van der Waals surface area contributed by atoms with Crippen LogP contribution in [0.1, 0.15) is 33.6 Å². The Morgan fingerprint density at radius 2 is 2.04 bits per heavy atom. The van der Waals surface area contributed by atoms with Gasteiger partial charge in [0.1, 0.15) is 0 Å². The number of primary amides is 1. The molecule has 0 bridgehead atoms. The number of ether oxygens (including phenoxy) is 1. The third kappa shape index (κ3) is 4.81. The highest BCUT2D eigenvalue weighted by atomic mass is 16.5. The maximum atomic E-state index is 12.3. The molecule has 2 aliphatic rings. The van der Waals surface area contributed by atoms with Gasteiger partial charge in [0, 0.05) is 25.2 Å². The summed E-state index contributed by atoms with van der Waals surface area (Å²) in [6, 6.07) is -0.155. The van der Waals surface area contributed by atoms with Crippen molar-refractivity contribution in [2.45, 2.75) is 45.3 Å². The van der Waals surface area contributed by atoms with E-state index in [1.807, 2.05) is 0 Å². The minimum Gasteiger partial charge on any atom is -0.367 e. The van der Waals surface area contributed by atoms with Crippen LogP contribution in [0, 0.1) is 5.92 Å². The number of carbonyl (C=O) groups excluding carboxylic acids is 2. The van der Waals surface area contributed by atoms with Crippen LogP contribution in [0.3, 0.4) is 0 Å². The number of piperidine rings is 1. The molecule has 132 valence electrons. The molecule has 2 aliphatic heterocycles. The van der Waals surface area contributed by atoms with Gasteiger partial charge < -0.3 is 20.7 Å². The largest absolute Gasteiger partial charge is 0.367 e. The van der Waals surface area contributed by atoms with Crippen LogP contribution in [0.5, 0.6) is 0 Å². The molecular weight excluding hydrogens is 296 g/mol. The Morgan fingerprint density at radius 3 is 2.70 bits per heavy atom. The highest BCUT2D eigenvalue weighted by molar-refractivity contribution is 5.81. The maximum absolute atomic E-state index is 12.3. The number of carbonyl (C=O) groups is 2. The Bertz CT molecular complexity index is 441. The number of amides is 3. The fourth-order valence-electron chi connectivity index (χ4n) is 3.26. The first-order chi connectivity index (χ1) is 10.8. The highest BCUT2D eigenvalue weighted by Gasteiger charge is 2.32. The van der Waals surface area contributed by atoms with E-state index in [-0.39, 0.29) is 18.1 Å². The van der Waals surface area contributed by atoms with Gasteiger partial charge in [0.05, 0.1) is 13.2 Å². The summed E-state index contributed by atoms with van der Waals surface area (Å²) in [5.74, 6) is 0.180. The smallest absolute Gasteiger partial charge is 0.317 e. The molecule has 2 saturated heterocycles. The highest BCUT2D eigenvalue weighted by Crippen LogP contribution is 2.23. The summed E-state index contributed by atoms with van der Waals surface area (Å²) in [5, 5.41) is 3.00. The number of likely N-dealkylation sites (tertiary alicyclic amines) is 1. The average Bonchev–Trinajstić information content (AvgIpc) is 2.53. The molecule has 0 spiro atoms. The van der Waals surface area contributed by atoms with Crippen LogP contribution in [-0.4, -0.2) is 72.7 Å². The normalized spacial score (nSPS) is 26.8. The number of hydrogen-bond donors (Lipinski definition) is 2. The molecule has 0 saturated carbocycles. The van der Waals surface area contributed by atoms with Gasteiger partial charge >= 0.3 is 6.03 Å². The van der Waals surface area contributed by atoms with E-state index in [2.05, 4.69) is 31.0 Å². The first-order valence-corrected chi connectivity index (χ1v) is 8.48. The summed E-state index contributed by atoms with van der Waals surface area (Å²) in [4.78, 5) is 27.6. The quantitative estimate of drug-likeness (QED) is 0.782. The first kappa shape index (κ1) is 18.0. The molecule has 2 unspecified atom stereocenters.